The summed E-state index contributed by atoms with van der Waals surface area (Å²) in [5.41, 5.74) is 0. The van der Waals surface area contributed by atoms with Crippen molar-refractivity contribution in [1.82, 2.24) is 0 Å². The quantitative estimate of drug-likeness (QED) is 0.393. The number of esters is 4. The Hall–Kier alpha value is -2.42. The van der Waals surface area contributed by atoms with Gasteiger partial charge in [-0.3, -0.25) is 19.2 Å². The van der Waals surface area contributed by atoms with Gasteiger partial charge in [0.25, 0.3) is 0 Å². The summed E-state index contributed by atoms with van der Waals surface area (Å²) in [6, 6.07) is 0. The Bertz CT molecular complexity index is 527. The van der Waals surface area contributed by atoms with Gasteiger partial charge in [-0.2, -0.15) is 0 Å². The normalized spacial score (nSPS) is 29.1. The van der Waals surface area contributed by atoms with Crippen molar-refractivity contribution in [3.05, 3.63) is 12.7 Å². The van der Waals surface area contributed by atoms with Crippen molar-refractivity contribution in [3.8, 4) is 0 Å². The van der Waals surface area contributed by atoms with Gasteiger partial charge in [-0.15, -0.1) is 6.58 Å². The highest BCUT2D eigenvalue weighted by Gasteiger charge is 2.52. The fourth-order valence-corrected chi connectivity index (χ4v) is 2.25. The molecule has 1 saturated heterocycles. The predicted octanol–water partition coefficient (Wildman–Crippen LogP) is 0.255. The molecule has 0 aromatic rings. The van der Waals surface area contributed by atoms with Gasteiger partial charge in [0.1, 0.15) is 6.10 Å². The SMILES string of the molecule is C=C[C@H]1O[C@@H](OC(C)=O)[C@H](OC(C)=O)[C@@H](OC(C)=O)[C@@H]1OC(C)=O. The Morgan fingerprint density at radius 2 is 1.17 bits per heavy atom. The maximum Gasteiger partial charge on any atom is 0.305 e. The fourth-order valence-electron chi connectivity index (χ4n) is 2.25. The lowest BCUT2D eigenvalue weighted by Crippen LogP contribution is -2.61. The molecule has 1 fully saturated rings. The molecule has 0 aromatic heterocycles. The van der Waals surface area contributed by atoms with Crippen molar-refractivity contribution in [2.45, 2.75) is 58.4 Å². The Kier molecular flexibility index (Phi) is 6.90. The average Bonchev–Trinajstić information content (AvgIpc) is 2.42. The van der Waals surface area contributed by atoms with Crippen molar-refractivity contribution in [1.29, 1.82) is 0 Å². The van der Waals surface area contributed by atoms with E-state index in [-0.39, 0.29) is 0 Å². The Balaban J connectivity index is 3.25. The summed E-state index contributed by atoms with van der Waals surface area (Å²) < 4.78 is 25.8. The predicted molar refractivity (Wildman–Crippen MR) is 77.3 cm³/mol. The topological polar surface area (TPSA) is 114 Å². The van der Waals surface area contributed by atoms with Crippen LogP contribution in [-0.4, -0.2) is 54.6 Å². The van der Waals surface area contributed by atoms with Gasteiger partial charge in [0.15, 0.2) is 12.2 Å². The molecule has 0 bridgehead atoms. The van der Waals surface area contributed by atoms with Crippen molar-refractivity contribution >= 4 is 23.9 Å². The first-order valence-electron chi connectivity index (χ1n) is 7.12. The maximum atomic E-state index is 11.4. The molecular weight excluding hydrogens is 324 g/mol. The molecule has 5 atom stereocenters. The highest BCUT2D eigenvalue weighted by molar-refractivity contribution is 5.69. The minimum absolute atomic E-state index is 0.667. The minimum Gasteiger partial charge on any atom is -0.455 e. The molecule has 1 rings (SSSR count). The van der Waals surface area contributed by atoms with Crippen LogP contribution in [0.4, 0.5) is 0 Å². The maximum absolute atomic E-state index is 11.4. The number of carbonyl (C=O) groups is 4. The van der Waals surface area contributed by atoms with Crippen molar-refractivity contribution in [3.63, 3.8) is 0 Å². The molecule has 1 aliphatic heterocycles. The Morgan fingerprint density at radius 3 is 1.58 bits per heavy atom. The molecule has 0 aliphatic carbocycles. The Labute approximate surface area is 138 Å². The summed E-state index contributed by atoms with van der Waals surface area (Å²) in [5, 5.41) is 0. The second-order valence-corrected chi connectivity index (χ2v) is 5.04. The van der Waals surface area contributed by atoms with Crippen LogP contribution in [0.25, 0.3) is 0 Å². The van der Waals surface area contributed by atoms with E-state index in [1.807, 2.05) is 0 Å². The van der Waals surface area contributed by atoms with Gasteiger partial charge in [-0.1, -0.05) is 6.08 Å². The first kappa shape index (κ1) is 19.6. The summed E-state index contributed by atoms with van der Waals surface area (Å²) in [4.78, 5) is 45.4. The molecule has 0 N–H and O–H groups in total. The minimum atomic E-state index is -1.36. The molecule has 0 unspecified atom stereocenters. The van der Waals surface area contributed by atoms with Gasteiger partial charge >= 0.3 is 23.9 Å². The highest BCUT2D eigenvalue weighted by Crippen LogP contribution is 2.30. The van der Waals surface area contributed by atoms with E-state index < -0.39 is 54.6 Å². The summed E-state index contributed by atoms with van der Waals surface area (Å²) in [7, 11) is 0. The zero-order valence-corrected chi connectivity index (χ0v) is 13.8. The lowest BCUT2D eigenvalue weighted by molar-refractivity contribution is -0.287. The lowest BCUT2D eigenvalue weighted by atomic mass is 9.98. The fraction of sp³-hybridized carbons (Fsp3) is 0.600. The number of hydrogen-bond donors (Lipinski definition) is 0. The third-order valence-electron chi connectivity index (χ3n) is 2.95. The molecule has 134 valence electrons. The summed E-state index contributed by atoms with van der Waals surface area (Å²) in [6.45, 7) is 8.10. The van der Waals surface area contributed by atoms with E-state index in [4.69, 9.17) is 23.7 Å². The van der Waals surface area contributed by atoms with E-state index in [0.717, 1.165) is 27.7 Å². The van der Waals surface area contributed by atoms with Crippen LogP contribution in [0.2, 0.25) is 0 Å². The summed E-state index contributed by atoms with van der Waals surface area (Å²) in [5.74, 6) is -2.80. The van der Waals surface area contributed by atoms with Crippen molar-refractivity contribution in [2.24, 2.45) is 0 Å². The number of hydrogen-bond acceptors (Lipinski definition) is 9. The average molecular weight is 344 g/mol. The van der Waals surface area contributed by atoms with E-state index in [1.54, 1.807) is 0 Å². The third kappa shape index (κ3) is 5.34. The van der Waals surface area contributed by atoms with Gasteiger partial charge in [0.2, 0.25) is 12.4 Å². The number of rotatable bonds is 5. The summed E-state index contributed by atoms with van der Waals surface area (Å²) >= 11 is 0. The van der Waals surface area contributed by atoms with Crippen LogP contribution in [0.1, 0.15) is 27.7 Å². The van der Waals surface area contributed by atoms with E-state index in [1.165, 1.54) is 6.08 Å². The molecule has 0 aromatic carbocycles. The van der Waals surface area contributed by atoms with Gasteiger partial charge in [0, 0.05) is 27.7 Å². The smallest absolute Gasteiger partial charge is 0.305 e. The number of carbonyl (C=O) groups excluding carboxylic acids is 4. The molecule has 9 nitrogen and oxygen atoms in total. The lowest BCUT2D eigenvalue weighted by Gasteiger charge is -2.42. The van der Waals surface area contributed by atoms with Crippen molar-refractivity contribution < 1.29 is 42.9 Å². The van der Waals surface area contributed by atoms with E-state index >= 15 is 0 Å². The molecule has 1 heterocycles. The van der Waals surface area contributed by atoms with Crippen LogP contribution >= 0.6 is 0 Å². The van der Waals surface area contributed by atoms with Crippen molar-refractivity contribution in [2.75, 3.05) is 0 Å². The largest absolute Gasteiger partial charge is 0.455 e. The van der Waals surface area contributed by atoms with E-state index in [9.17, 15) is 19.2 Å². The van der Waals surface area contributed by atoms with Crippen LogP contribution in [0.5, 0.6) is 0 Å². The van der Waals surface area contributed by atoms with Crippen LogP contribution < -0.4 is 0 Å². The molecule has 9 heteroatoms. The monoisotopic (exact) mass is 344 g/mol. The second kappa shape index (κ2) is 8.44. The number of ether oxygens (including phenoxy) is 5. The van der Waals surface area contributed by atoms with E-state index in [2.05, 4.69) is 6.58 Å². The van der Waals surface area contributed by atoms with Gasteiger partial charge < -0.3 is 23.7 Å². The zero-order valence-electron chi connectivity index (χ0n) is 13.8. The summed E-state index contributed by atoms with van der Waals surface area (Å²) in [6.07, 6.45) is -4.68. The molecule has 0 spiro atoms. The Morgan fingerprint density at radius 1 is 0.750 bits per heavy atom. The van der Waals surface area contributed by atoms with Gasteiger partial charge in [0.05, 0.1) is 0 Å². The molecule has 24 heavy (non-hydrogen) atoms. The molecule has 0 amide bonds. The van der Waals surface area contributed by atoms with Crippen LogP contribution in [0, 0.1) is 0 Å². The zero-order chi connectivity index (χ0) is 18.4. The molecule has 1 aliphatic rings. The highest BCUT2D eigenvalue weighted by atomic mass is 16.7. The molecule has 0 radical (unpaired) electrons. The first-order chi connectivity index (χ1) is 11.1. The van der Waals surface area contributed by atoms with Crippen LogP contribution in [-0.2, 0) is 42.9 Å². The van der Waals surface area contributed by atoms with Crippen LogP contribution in [0.3, 0.4) is 0 Å². The molecular formula is C15H20O9. The second-order valence-electron chi connectivity index (χ2n) is 5.04. The van der Waals surface area contributed by atoms with E-state index in [0.29, 0.717) is 0 Å². The molecule has 0 saturated carbocycles. The third-order valence-corrected chi connectivity index (χ3v) is 2.95. The first-order valence-corrected chi connectivity index (χ1v) is 7.12. The standard InChI is InChI=1S/C15H20O9/c1-6-11-12(20-7(2)16)13(21-8(3)17)14(22-9(4)18)15(24-11)23-10(5)19/h6,11-15H,1H2,2-5H3/t11-,12-,13+,14-,15-/m1/s1. The van der Waals surface area contributed by atoms with Gasteiger partial charge in [-0.25, -0.2) is 0 Å². The van der Waals surface area contributed by atoms with Gasteiger partial charge in [-0.05, 0) is 0 Å². The van der Waals surface area contributed by atoms with Crippen LogP contribution in [0.15, 0.2) is 12.7 Å².